The standard InChI is InChI=1S/C18H25NO2/c1-13-6-8-14(9-7-13)10-11-19-16-5-3-2-4-15(16)12-17(19)18(20)21/h6-9,15-17H,2-5,10-12H2,1H3,(H,20,21). The molecular formula is C18H25NO2. The van der Waals surface area contributed by atoms with Gasteiger partial charge in [-0.05, 0) is 44.1 Å². The Morgan fingerprint density at radius 3 is 2.67 bits per heavy atom. The number of carboxylic acids is 1. The molecule has 0 radical (unpaired) electrons. The molecule has 0 amide bonds. The second-order valence-electron chi connectivity index (χ2n) is 6.68. The van der Waals surface area contributed by atoms with E-state index >= 15 is 0 Å². The fourth-order valence-electron chi connectivity index (χ4n) is 4.13. The Balaban J connectivity index is 1.68. The summed E-state index contributed by atoms with van der Waals surface area (Å²) in [6.45, 7) is 2.97. The number of fused-ring (bicyclic) bond motifs is 1. The maximum absolute atomic E-state index is 11.6. The molecule has 1 aromatic rings. The Bertz CT molecular complexity index is 496. The van der Waals surface area contributed by atoms with Crippen LogP contribution in [0.3, 0.4) is 0 Å². The van der Waals surface area contributed by atoms with Crippen LogP contribution < -0.4 is 0 Å². The number of aliphatic carboxylic acids is 1. The van der Waals surface area contributed by atoms with Crippen LogP contribution in [0.15, 0.2) is 24.3 Å². The van der Waals surface area contributed by atoms with Gasteiger partial charge in [0.1, 0.15) is 6.04 Å². The van der Waals surface area contributed by atoms with Crippen LogP contribution in [0.25, 0.3) is 0 Å². The summed E-state index contributed by atoms with van der Waals surface area (Å²) in [5.41, 5.74) is 2.58. The van der Waals surface area contributed by atoms with Crippen LogP contribution in [-0.2, 0) is 11.2 Å². The fraction of sp³-hybridized carbons (Fsp3) is 0.611. The van der Waals surface area contributed by atoms with Gasteiger partial charge in [-0.2, -0.15) is 0 Å². The van der Waals surface area contributed by atoms with Crippen LogP contribution in [0.1, 0.15) is 43.2 Å². The van der Waals surface area contributed by atoms with Gasteiger partial charge < -0.3 is 5.11 Å². The minimum Gasteiger partial charge on any atom is -0.480 e. The molecule has 1 aliphatic carbocycles. The van der Waals surface area contributed by atoms with Crippen molar-refractivity contribution in [1.82, 2.24) is 4.90 Å². The minimum atomic E-state index is -0.631. The summed E-state index contributed by atoms with van der Waals surface area (Å²) in [7, 11) is 0. The molecule has 3 heteroatoms. The van der Waals surface area contributed by atoms with Crippen molar-refractivity contribution >= 4 is 5.97 Å². The summed E-state index contributed by atoms with van der Waals surface area (Å²) in [4.78, 5) is 13.9. The first-order valence-corrected chi connectivity index (χ1v) is 8.19. The molecule has 0 bridgehead atoms. The molecule has 0 spiro atoms. The van der Waals surface area contributed by atoms with Crippen LogP contribution in [0.5, 0.6) is 0 Å². The molecule has 2 aliphatic rings. The third kappa shape index (κ3) is 3.13. The van der Waals surface area contributed by atoms with E-state index in [1.54, 1.807) is 0 Å². The van der Waals surface area contributed by atoms with Gasteiger partial charge in [0.15, 0.2) is 0 Å². The molecule has 21 heavy (non-hydrogen) atoms. The lowest BCUT2D eigenvalue weighted by molar-refractivity contribution is -0.142. The fourth-order valence-corrected chi connectivity index (χ4v) is 4.13. The quantitative estimate of drug-likeness (QED) is 0.924. The van der Waals surface area contributed by atoms with Gasteiger partial charge in [0.05, 0.1) is 0 Å². The Kier molecular flexibility index (Phi) is 4.29. The van der Waals surface area contributed by atoms with Crippen molar-refractivity contribution in [1.29, 1.82) is 0 Å². The number of likely N-dealkylation sites (tertiary alicyclic amines) is 1. The predicted octanol–water partition coefficient (Wildman–Crippen LogP) is 3.26. The van der Waals surface area contributed by atoms with E-state index in [1.807, 2.05) is 0 Å². The summed E-state index contributed by atoms with van der Waals surface area (Å²) in [5, 5.41) is 9.52. The highest BCUT2D eigenvalue weighted by molar-refractivity contribution is 5.74. The highest BCUT2D eigenvalue weighted by Crippen LogP contribution is 2.39. The van der Waals surface area contributed by atoms with E-state index in [2.05, 4.69) is 36.1 Å². The van der Waals surface area contributed by atoms with Crippen LogP contribution in [0.2, 0.25) is 0 Å². The average molecular weight is 287 g/mol. The first kappa shape index (κ1) is 14.6. The molecule has 0 aromatic heterocycles. The topological polar surface area (TPSA) is 40.5 Å². The van der Waals surface area contributed by atoms with Gasteiger partial charge in [-0.3, -0.25) is 9.69 Å². The van der Waals surface area contributed by atoms with E-state index in [0.29, 0.717) is 12.0 Å². The number of rotatable bonds is 4. The molecule has 1 heterocycles. The average Bonchev–Trinajstić information content (AvgIpc) is 2.86. The van der Waals surface area contributed by atoms with Crippen LogP contribution in [-0.4, -0.2) is 34.6 Å². The Labute approximate surface area is 127 Å². The van der Waals surface area contributed by atoms with E-state index in [1.165, 1.54) is 36.8 Å². The third-order valence-corrected chi connectivity index (χ3v) is 5.29. The number of aryl methyl sites for hydroxylation is 1. The highest BCUT2D eigenvalue weighted by Gasteiger charge is 2.44. The molecule has 1 saturated heterocycles. The molecule has 3 nitrogen and oxygen atoms in total. The van der Waals surface area contributed by atoms with Gasteiger partial charge in [-0.15, -0.1) is 0 Å². The monoisotopic (exact) mass is 287 g/mol. The van der Waals surface area contributed by atoms with Gasteiger partial charge in [-0.25, -0.2) is 0 Å². The van der Waals surface area contributed by atoms with Crippen LogP contribution in [0, 0.1) is 12.8 Å². The van der Waals surface area contributed by atoms with E-state index in [9.17, 15) is 9.90 Å². The third-order valence-electron chi connectivity index (χ3n) is 5.29. The molecule has 2 fully saturated rings. The van der Waals surface area contributed by atoms with E-state index in [4.69, 9.17) is 0 Å². The lowest BCUT2D eigenvalue weighted by Gasteiger charge is -2.33. The number of hydrogen-bond donors (Lipinski definition) is 1. The first-order chi connectivity index (χ1) is 10.1. The molecule has 1 N–H and O–H groups in total. The molecule has 3 rings (SSSR count). The molecule has 1 aromatic carbocycles. The molecular weight excluding hydrogens is 262 g/mol. The zero-order chi connectivity index (χ0) is 14.8. The highest BCUT2D eigenvalue weighted by atomic mass is 16.4. The van der Waals surface area contributed by atoms with Gasteiger partial charge in [0.25, 0.3) is 0 Å². The zero-order valence-corrected chi connectivity index (χ0v) is 12.8. The maximum atomic E-state index is 11.6. The van der Waals surface area contributed by atoms with Gasteiger partial charge in [0, 0.05) is 12.6 Å². The van der Waals surface area contributed by atoms with Crippen LogP contribution >= 0.6 is 0 Å². The van der Waals surface area contributed by atoms with E-state index in [0.717, 1.165) is 19.4 Å². The minimum absolute atomic E-state index is 0.261. The van der Waals surface area contributed by atoms with Crippen LogP contribution in [0.4, 0.5) is 0 Å². The second kappa shape index (κ2) is 6.18. The summed E-state index contributed by atoms with van der Waals surface area (Å²) < 4.78 is 0. The van der Waals surface area contributed by atoms with Crippen molar-refractivity contribution in [3.05, 3.63) is 35.4 Å². The van der Waals surface area contributed by atoms with Crippen molar-refractivity contribution in [2.24, 2.45) is 5.92 Å². The second-order valence-corrected chi connectivity index (χ2v) is 6.68. The maximum Gasteiger partial charge on any atom is 0.320 e. The summed E-state index contributed by atoms with van der Waals surface area (Å²) >= 11 is 0. The zero-order valence-electron chi connectivity index (χ0n) is 12.8. The number of hydrogen-bond acceptors (Lipinski definition) is 2. The van der Waals surface area contributed by atoms with Crippen molar-refractivity contribution < 1.29 is 9.90 Å². The van der Waals surface area contributed by atoms with Gasteiger partial charge in [0.2, 0.25) is 0 Å². The molecule has 114 valence electrons. The summed E-state index contributed by atoms with van der Waals surface area (Å²) in [6, 6.07) is 8.85. The molecule has 1 aliphatic heterocycles. The Morgan fingerprint density at radius 1 is 1.24 bits per heavy atom. The van der Waals surface area contributed by atoms with Crippen molar-refractivity contribution in [3.8, 4) is 0 Å². The lowest BCUT2D eigenvalue weighted by Crippen LogP contribution is -2.43. The van der Waals surface area contributed by atoms with Crippen molar-refractivity contribution in [2.45, 2.75) is 57.5 Å². The normalized spacial score (nSPS) is 29.3. The SMILES string of the molecule is Cc1ccc(CCN2C(C(=O)O)CC3CCCCC32)cc1. The van der Waals surface area contributed by atoms with E-state index < -0.39 is 5.97 Å². The molecule has 3 atom stereocenters. The first-order valence-electron chi connectivity index (χ1n) is 8.19. The molecule has 3 unspecified atom stereocenters. The number of benzene rings is 1. The summed E-state index contributed by atoms with van der Waals surface area (Å²) in [5.74, 6) is -0.0221. The smallest absolute Gasteiger partial charge is 0.320 e. The van der Waals surface area contributed by atoms with Crippen molar-refractivity contribution in [2.75, 3.05) is 6.54 Å². The van der Waals surface area contributed by atoms with Crippen molar-refractivity contribution in [3.63, 3.8) is 0 Å². The number of carboxylic acid groups (broad SMARTS) is 1. The largest absolute Gasteiger partial charge is 0.480 e. The molecule has 1 saturated carbocycles. The number of carbonyl (C=O) groups is 1. The predicted molar refractivity (Wildman–Crippen MR) is 83.4 cm³/mol. The Morgan fingerprint density at radius 2 is 1.95 bits per heavy atom. The lowest BCUT2D eigenvalue weighted by atomic mass is 9.84. The Hall–Kier alpha value is -1.35. The van der Waals surface area contributed by atoms with Gasteiger partial charge >= 0.3 is 5.97 Å². The van der Waals surface area contributed by atoms with E-state index in [-0.39, 0.29) is 6.04 Å². The van der Waals surface area contributed by atoms with Gasteiger partial charge in [-0.1, -0.05) is 42.7 Å². The number of nitrogens with zero attached hydrogens (tertiary/aromatic N) is 1. The summed E-state index contributed by atoms with van der Waals surface area (Å²) in [6.07, 6.45) is 6.74.